The molecule has 1 aliphatic heterocycles. The summed E-state index contributed by atoms with van der Waals surface area (Å²) in [7, 11) is -3.42. The van der Waals surface area contributed by atoms with Crippen LogP contribution in [0.5, 0.6) is 0 Å². The Balaban J connectivity index is 1.87. The van der Waals surface area contributed by atoms with Crippen molar-refractivity contribution in [3.8, 4) is 0 Å². The lowest BCUT2D eigenvalue weighted by Gasteiger charge is -2.30. The lowest BCUT2D eigenvalue weighted by Crippen LogP contribution is -2.45. The molecule has 2 rings (SSSR count). The number of rotatable bonds is 5. The van der Waals surface area contributed by atoms with Gasteiger partial charge in [0.05, 0.1) is 6.54 Å². The van der Waals surface area contributed by atoms with Gasteiger partial charge in [-0.15, -0.1) is 11.3 Å². The Hall–Kier alpha value is -0.540. The summed E-state index contributed by atoms with van der Waals surface area (Å²) in [4.78, 5) is 4.03. The molecule has 18 heavy (non-hydrogen) atoms. The molecule has 8 heteroatoms. The number of thiazole rings is 1. The van der Waals surface area contributed by atoms with E-state index in [1.165, 1.54) is 15.6 Å². The summed E-state index contributed by atoms with van der Waals surface area (Å²) in [6.07, 6.45) is 3.09. The van der Waals surface area contributed by atoms with Crippen molar-refractivity contribution in [2.24, 2.45) is 5.92 Å². The van der Waals surface area contributed by atoms with Crippen molar-refractivity contribution < 1.29 is 13.5 Å². The Bertz CT molecular complexity index is 453. The van der Waals surface area contributed by atoms with E-state index >= 15 is 0 Å². The number of aliphatic hydroxyl groups is 1. The fraction of sp³-hybridized carbons (Fsp3) is 0.700. The average molecular weight is 291 g/mol. The summed E-state index contributed by atoms with van der Waals surface area (Å²) < 4.78 is 28.0. The minimum absolute atomic E-state index is 0.139. The molecule has 0 bridgehead atoms. The van der Waals surface area contributed by atoms with Gasteiger partial charge in [-0.25, -0.2) is 4.98 Å². The van der Waals surface area contributed by atoms with E-state index in [0.29, 0.717) is 25.9 Å². The summed E-state index contributed by atoms with van der Waals surface area (Å²) >= 11 is 1.42. The van der Waals surface area contributed by atoms with Crippen LogP contribution >= 0.6 is 11.3 Å². The molecule has 2 heterocycles. The fourth-order valence-corrected chi connectivity index (χ4v) is 3.76. The van der Waals surface area contributed by atoms with Gasteiger partial charge in [-0.1, -0.05) is 0 Å². The Morgan fingerprint density at radius 3 is 2.78 bits per heavy atom. The summed E-state index contributed by atoms with van der Waals surface area (Å²) in [5, 5.41) is 11.6. The molecule has 102 valence electrons. The topological polar surface area (TPSA) is 82.5 Å². The molecule has 1 fully saturated rings. The van der Waals surface area contributed by atoms with Gasteiger partial charge in [-0.2, -0.15) is 17.4 Å². The highest BCUT2D eigenvalue weighted by molar-refractivity contribution is 7.87. The lowest BCUT2D eigenvalue weighted by molar-refractivity contribution is 0.169. The van der Waals surface area contributed by atoms with Crippen molar-refractivity contribution in [1.29, 1.82) is 0 Å². The van der Waals surface area contributed by atoms with Gasteiger partial charge in [0.1, 0.15) is 5.01 Å². The molecule has 0 unspecified atom stereocenters. The first-order chi connectivity index (χ1) is 8.62. The van der Waals surface area contributed by atoms with Crippen LogP contribution in [0.3, 0.4) is 0 Å². The Kier molecular flexibility index (Phi) is 4.68. The minimum atomic E-state index is -3.42. The number of piperidine rings is 1. The van der Waals surface area contributed by atoms with Crippen LogP contribution in [0, 0.1) is 5.92 Å². The van der Waals surface area contributed by atoms with Crippen LogP contribution in [0.4, 0.5) is 0 Å². The zero-order valence-electron chi connectivity index (χ0n) is 9.95. The van der Waals surface area contributed by atoms with Crippen LogP contribution in [0.1, 0.15) is 17.8 Å². The normalized spacial score (nSPS) is 19.2. The molecule has 2 N–H and O–H groups in total. The third-order valence-electron chi connectivity index (χ3n) is 3.06. The molecule has 0 atom stereocenters. The molecule has 0 aromatic carbocycles. The van der Waals surface area contributed by atoms with Crippen molar-refractivity contribution in [2.45, 2.75) is 19.4 Å². The minimum Gasteiger partial charge on any atom is -0.396 e. The van der Waals surface area contributed by atoms with E-state index in [4.69, 9.17) is 5.11 Å². The van der Waals surface area contributed by atoms with Gasteiger partial charge in [0.2, 0.25) is 0 Å². The van der Waals surface area contributed by atoms with E-state index in [1.807, 2.05) is 5.38 Å². The van der Waals surface area contributed by atoms with Gasteiger partial charge in [-0.05, 0) is 18.8 Å². The van der Waals surface area contributed by atoms with Crippen molar-refractivity contribution in [1.82, 2.24) is 14.0 Å². The van der Waals surface area contributed by atoms with Crippen molar-refractivity contribution in [2.75, 3.05) is 19.7 Å². The Labute approximate surface area is 111 Å². The van der Waals surface area contributed by atoms with Gasteiger partial charge in [0, 0.05) is 31.3 Å². The van der Waals surface area contributed by atoms with Crippen LogP contribution < -0.4 is 4.72 Å². The van der Waals surface area contributed by atoms with E-state index < -0.39 is 10.2 Å². The van der Waals surface area contributed by atoms with Crippen LogP contribution in [0.2, 0.25) is 0 Å². The van der Waals surface area contributed by atoms with Crippen molar-refractivity contribution in [3.05, 3.63) is 16.6 Å². The van der Waals surface area contributed by atoms with Gasteiger partial charge >= 0.3 is 0 Å². The highest BCUT2D eigenvalue weighted by atomic mass is 32.2. The molecule has 0 spiro atoms. The molecule has 0 saturated carbocycles. The van der Waals surface area contributed by atoms with Crippen LogP contribution in [0.25, 0.3) is 0 Å². The first kappa shape index (κ1) is 13.9. The highest BCUT2D eigenvalue weighted by Crippen LogP contribution is 2.18. The number of aliphatic hydroxyl groups excluding tert-OH is 1. The van der Waals surface area contributed by atoms with Crippen LogP contribution in [0.15, 0.2) is 11.6 Å². The van der Waals surface area contributed by atoms with E-state index in [2.05, 4.69) is 9.71 Å². The van der Waals surface area contributed by atoms with Crippen LogP contribution in [-0.2, 0) is 16.8 Å². The van der Waals surface area contributed by atoms with E-state index in [9.17, 15) is 8.42 Å². The van der Waals surface area contributed by atoms with E-state index in [1.54, 1.807) is 6.20 Å². The summed E-state index contributed by atoms with van der Waals surface area (Å²) in [6, 6.07) is 0. The maximum absolute atomic E-state index is 12.0. The smallest absolute Gasteiger partial charge is 0.279 e. The first-order valence-corrected chi connectivity index (χ1v) is 8.18. The lowest BCUT2D eigenvalue weighted by atomic mass is 10.00. The van der Waals surface area contributed by atoms with E-state index in [0.717, 1.165) is 5.01 Å². The zero-order valence-corrected chi connectivity index (χ0v) is 11.6. The number of nitrogens with zero attached hydrogens (tertiary/aromatic N) is 2. The maximum atomic E-state index is 12.0. The molecule has 1 saturated heterocycles. The second-order valence-corrected chi connectivity index (χ2v) is 7.01. The Morgan fingerprint density at radius 2 is 2.22 bits per heavy atom. The maximum Gasteiger partial charge on any atom is 0.279 e. The highest BCUT2D eigenvalue weighted by Gasteiger charge is 2.27. The second kappa shape index (κ2) is 6.07. The fourth-order valence-electron chi connectivity index (χ4n) is 1.92. The molecule has 0 amide bonds. The third kappa shape index (κ3) is 3.48. The predicted molar refractivity (Wildman–Crippen MR) is 69.3 cm³/mol. The largest absolute Gasteiger partial charge is 0.396 e. The average Bonchev–Trinajstić information content (AvgIpc) is 2.90. The molecule has 0 aliphatic carbocycles. The number of hydrogen-bond acceptors (Lipinski definition) is 5. The van der Waals surface area contributed by atoms with Gasteiger partial charge < -0.3 is 5.11 Å². The number of hydrogen-bond donors (Lipinski definition) is 2. The molecule has 6 nitrogen and oxygen atoms in total. The van der Waals surface area contributed by atoms with Crippen molar-refractivity contribution >= 4 is 21.5 Å². The second-order valence-electron chi connectivity index (χ2n) is 4.28. The Morgan fingerprint density at radius 1 is 1.50 bits per heavy atom. The standard InChI is InChI=1S/C10H17N3O3S2/c14-8-9-1-4-13(5-2-9)18(15,16)12-7-10-11-3-6-17-10/h3,6,9,12,14H,1-2,4-5,7-8H2. The van der Waals surface area contributed by atoms with Gasteiger partial charge in [-0.3, -0.25) is 0 Å². The van der Waals surface area contributed by atoms with Crippen molar-refractivity contribution in [3.63, 3.8) is 0 Å². The SMILES string of the molecule is O=S(=O)(NCc1nccs1)N1CCC(CO)CC1. The molecule has 1 aromatic heterocycles. The first-order valence-electron chi connectivity index (χ1n) is 5.86. The van der Waals surface area contributed by atoms with Gasteiger partial charge in [0.15, 0.2) is 0 Å². The van der Waals surface area contributed by atoms with Crippen LogP contribution in [-0.4, -0.2) is 42.5 Å². The monoisotopic (exact) mass is 291 g/mol. The predicted octanol–water partition coefficient (Wildman–Crippen LogP) is 0.182. The summed E-state index contributed by atoms with van der Waals surface area (Å²) in [6.45, 7) is 1.32. The molecule has 0 radical (unpaired) electrons. The van der Waals surface area contributed by atoms with Gasteiger partial charge in [0.25, 0.3) is 10.2 Å². The van der Waals surface area contributed by atoms with E-state index in [-0.39, 0.29) is 19.1 Å². The quantitative estimate of drug-likeness (QED) is 0.811. The molecule has 1 aromatic rings. The third-order valence-corrected chi connectivity index (χ3v) is 5.39. The number of aromatic nitrogens is 1. The molecular weight excluding hydrogens is 274 g/mol. The molecular formula is C10H17N3O3S2. The zero-order chi connectivity index (χ0) is 13.0. The summed E-state index contributed by atoms with van der Waals surface area (Å²) in [5.74, 6) is 0.232. The number of nitrogens with one attached hydrogen (secondary N) is 1. The molecule has 1 aliphatic rings. The summed E-state index contributed by atoms with van der Waals surface area (Å²) in [5.41, 5.74) is 0.